The monoisotopic (exact) mass is 427 g/mol. The van der Waals surface area contributed by atoms with E-state index < -0.39 is 10.0 Å². The van der Waals surface area contributed by atoms with Gasteiger partial charge in [-0.25, -0.2) is 8.42 Å². The van der Waals surface area contributed by atoms with Gasteiger partial charge in [0.25, 0.3) is 5.91 Å². The van der Waals surface area contributed by atoms with Crippen LogP contribution in [0.25, 0.3) is 0 Å². The summed E-state index contributed by atoms with van der Waals surface area (Å²) in [5, 5.41) is 0. The lowest BCUT2D eigenvalue weighted by Gasteiger charge is -2.36. The van der Waals surface area contributed by atoms with Gasteiger partial charge in [-0.1, -0.05) is 24.6 Å². The number of aryl methyl sites for hydroxylation is 1. The van der Waals surface area contributed by atoms with E-state index in [1.807, 2.05) is 4.90 Å². The van der Waals surface area contributed by atoms with E-state index in [4.69, 9.17) is 0 Å². The van der Waals surface area contributed by atoms with Crippen LogP contribution in [0.4, 0.5) is 5.69 Å². The first kappa shape index (κ1) is 20.9. The highest BCUT2D eigenvalue weighted by molar-refractivity contribution is 7.89. The normalized spacial score (nSPS) is 18.4. The molecule has 0 saturated carbocycles. The standard InChI is InChI=1S/C23H29N3O3S/c1-19-7-5-9-21(17-19)24-13-15-25(16-14-24)23(27)20-8-6-10-22(18-20)30(28,29)26-11-3-2-4-12-26/h5-10,17-18H,2-4,11-16H2,1H3. The molecule has 0 atom stereocenters. The Morgan fingerprint density at radius 1 is 0.833 bits per heavy atom. The lowest BCUT2D eigenvalue weighted by molar-refractivity contribution is 0.0746. The molecule has 0 spiro atoms. The van der Waals surface area contributed by atoms with Crippen LogP contribution in [0.5, 0.6) is 0 Å². The van der Waals surface area contributed by atoms with E-state index in [-0.39, 0.29) is 10.8 Å². The van der Waals surface area contributed by atoms with Crippen molar-refractivity contribution in [3.05, 3.63) is 59.7 Å². The smallest absolute Gasteiger partial charge is 0.254 e. The third-order valence-corrected chi connectivity index (χ3v) is 7.86. The van der Waals surface area contributed by atoms with Gasteiger partial charge in [-0.05, 0) is 55.7 Å². The molecule has 2 aromatic carbocycles. The summed E-state index contributed by atoms with van der Waals surface area (Å²) in [4.78, 5) is 17.4. The zero-order chi connectivity index (χ0) is 21.1. The third kappa shape index (κ3) is 4.37. The molecule has 7 heteroatoms. The largest absolute Gasteiger partial charge is 0.368 e. The van der Waals surface area contributed by atoms with E-state index in [0.29, 0.717) is 31.7 Å². The highest BCUT2D eigenvalue weighted by Crippen LogP contribution is 2.23. The second-order valence-electron chi connectivity index (χ2n) is 8.11. The molecule has 0 bridgehead atoms. The Kier molecular flexibility index (Phi) is 6.11. The van der Waals surface area contributed by atoms with Gasteiger partial charge < -0.3 is 9.80 Å². The number of sulfonamides is 1. The fourth-order valence-corrected chi connectivity index (χ4v) is 5.78. The summed E-state index contributed by atoms with van der Waals surface area (Å²) in [6, 6.07) is 14.9. The number of piperazine rings is 1. The molecule has 6 nitrogen and oxygen atoms in total. The molecule has 0 radical (unpaired) electrons. The van der Waals surface area contributed by atoms with E-state index in [9.17, 15) is 13.2 Å². The van der Waals surface area contributed by atoms with Gasteiger partial charge in [-0.2, -0.15) is 4.31 Å². The van der Waals surface area contributed by atoms with Crippen LogP contribution >= 0.6 is 0 Å². The van der Waals surface area contributed by atoms with E-state index >= 15 is 0 Å². The molecule has 0 aliphatic carbocycles. The summed E-state index contributed by atoms with van der Waals surface area (Å²) < 4.78 is 27.5. The zero-order valence-electron chi connectivity index (χ0n) is 17.5. The SMILES string of the molecule is Cc1cccc(N2CCN(C(=O)c3cccc(S(=O)(=O)N4CCCCC4)c3)CC2)c1. The maximum Gasteiger partial charge on any atom is 0.254 e. The number of carbonyl (C=O) groups is 1. The second kappa shape index (κ2) is 8.78. The van der Waals surface area contributed by atoms with Crippen molar-refractivity contribution in [2.45, 2.75) is 31.1 Å². The Morgan fingerprint density at radius 3 is 2.23 bits per heavy atom. The summed E-state index contributed by atoms with van der Waals surface area (Å²) in [6.45, 7) is 5.96. The summed E-state index contributed by atoms with van der Waals surface area (Å²) >= 11 is 0. The van der Waals surface area contributed by atoms with Crippen LogP contribution in [-0.2, 0) is 10.0 Å². The molecule has 2 aromatic rings. The number of anilines is 1. The number of piperidine rings is 1. The lowest BCUT2D eigenvalue weighted by atomic mass is 10.1. The lowest BCUT2D eigenvalue weighted by Crippen LogP contribution is -2.48. The minimum atomic E-state index is -3.54. The quantitative estimate of drug-likeness (QED) is 0.752. The Labute approximate surface area is 179 Å². The van der Waals surface area contributed by atoms with Crippen molar-refractivity contribution in [3.8, 4) is 0 Å². The van der Waals surface area contributed by atoms with Crippen LogP contribution in [-0.4, -0.2) is 62.8 Å². The molecule has 2 saturated heterocycles. The Morgan fingerprint density at radius 2 is 1.53 bits per heavy atom. The second-order valence-corrected chi connectivity index (χ2v) is 10.0. The summed E-state index contributed by atoms with van der Waals surface area (Å²) in [5.41, 5.74) is 2.84. The molecule has 0 N–H and O–H groups in total. The number of amides is 1. The fraction of sp³-hybridized carbons (Fsp3) is 0.435. The van der Waals surface area contributed by atoms with Gasteiger partial charge in [0.2, 0.25) is 10.0 Å². The highest BCUT2D eigenvalue weighted by Gasteiger charge is 2.28. The molecule has 2 aliphatic heterocycles. The first-order valence-corrected chi connectivity index (χ1v) is 12.1. The molecule has 0 unspecified atom stereocenters. The Bertz CT molecular complexity index is 1010. The van der Waals surface area contributed by atoms with Gasteiger partial charge in [0, 0.05) is 50.5 Å². The molecule has 30 heavy (non-hydrogen) atoms. The van der Waals surface area contributed by atoms with Crippen molar-refractivity contribution >= 4 is 21.6 Å². The number of benzene rings is 2. The van der Waals surface area contributed by atoms with Crippen LogP contribution in [0.1, 0.15) is 35.2 Å². The number of rotatable bonds is 4. The minimum Gasteiger partial charge on any atom is -0.368 e. The van der Waals surface area contributed by atoms with Crippen LogP contribution in [0.2, 0.25) is 0 Å². The predicted octanol–water partition coefficient (Wildman–Crippen LogP) is 3.13. The Hall–Kier alpha value is -2.38. The van der Waals surface area contributed by atoms with E-state index in [1.54, 1.807) is 28.6 Å². The molecular formula is C23H29N3O3S. The number of hydrogen-bond acceptors (Lipinski definition) is 4. The molecule has 2 fully saturated rings. The van der Waals surface area contributed by atoms with Gasteiger partial charge in [0.05, 0.1) is 4.90 Å². The third-order valence-electron chi connectivity index (χ3n) is 5.97. The van der Waals surface area contributed by atoms with Crippen molar-refractivity contribution in [1.29, 1.82) is 0 Å². The van der Waals surface area contributed by atoms with Crippen molar-refractivity contribution in [2.75, 3.05) is 44.2 Å². The van der Waals surface area contributed by atoms with Gasteiger partial charge >= 0.3 is 0 Å². The van der Waals surface area contributed by atoms with Crippen LogP contribution in [0.15, 0.2) is 53.4 Å². The van der Waals surface area contributed by atoms with Crippen molar-refractivity contribution in [1.82, 2.24) is 9.21 Å². The van der Waals surface area contributed by atoms with Gasteiger partial charge in [0.1, 0.15) is 0 Å². The average molecular weight is 428 g/mol. The van der Waals surface area contributed by atoms with E-state index in [2.05, 4.69) is 36.1 Å². The fourth-order valence-electron chi connectivity index (χ4n) is 4.22. The highest BCUT2D eigenvalue weighted by atomic mass is 32.2. The maximum absolute atomic E-state index is 13.1. The van der Waals surface area contributed by atoms with E-state index in [1.165, 1.54) is 11.3 Å². The number of hydrogen-bond donors (Lipinski definition) is 0. The summed E-state index contributed by atoms with van der Waals surface area (Å²) in [5.74, 6) is -0.102. The summed E-state index contributed by atoms with van der Waals surface area (Å²) in [7, 11) is -3.54. The van der Waals surface area contributed by atoms with Crippen LogP contribution in [0.3, 0.4) is 0 Å². The van der Waals surface area contributed by atoms with Crippen molar-refractivity contribution < 1.29 is 13.2 Å². The first-order chi connectivity index (χ1) is 14.4. The maximum atomic E-state index is 13.1. The minimum absolute atomic E-state index is 0.102. The number of carbonyl (C=O) groups excluding carboxylic acids is 1. The van der Waals surface area contributed by atoms with Crippen LogP contribution in [0, 0.1) is 6.92 Å². The summed E-state index contributed by atoms with van der Waals surface area (Å²) in [6.07, 6.45) is 2.85. The molecule has 1 amide bonds. The molecule has 0 aromatic heterocycles. The van der Waals surface area contributed by atoms with Gasteiger partial charge in [0.15, 0.2) is 0 Å². The molecule has 2 aliphatic rings. The number of nitrogens with zero attached hydrogens (tertiary/aromatic N) is 3. The molecule has 160 valence electrons. The molecule has 4 rings (SSSR count). The Balaban J connectivity index is 1.45. The zero-order valence-corrected chi connectivity index (χ0v) is 18.3. The first-order valence-electron chi connectivity index (χ1n) is 10.7. The van der Waals surface area contributed by atoms with E-state index in [0.717, 1.165) is 32.4 Å². The van der Waals surface area contributed by atoms with Crippen molar-refractivity contribution in [2.24, 2.45) is 0 Å². The predicted molar refractivity (Wildman–Crippen MR) is 118 cm³/mol. The van der Waals surface area contributed by atoms with Gasteiger partial charge in [-0.3, -0.25) is 4.79 Å². The topological polar surface area (TPSA) is 60.9 Å². The molecule has 2 heterocycles. The average Bonchev–Trinajstić information content (AvgIpc) is 2.79. The van der Waals surface area contributed by atoms with Gasteiger partial charge in [-0.15, -0.1) is 0 Å². The molecular weight excluding hydrogens is 398 g/mol. The van der Waals surface area contributed by atoms with Crippen LogP contribution < -0.4 is 4.90 Å². The van der Waals surface area contributed by atoms with Crippen molar-refractivity contribution in [3.63, 3.8) is 0 Å².